The molecule has 1 heterocycles. The molecule has 7 heteroatoms. The normalized spacial score (nSPS) is 17.8. The summed E-state index contributed by atoms with van der Waals surface area (Å²) < 4.78 is 26.4. The third-order valence-electron chi connectivity index (χ3n) is 3.63. The maximum atomic E-state index is 12.5. The number of hydrogen-bond acceptors (Lipinski definition) is 3. The summed E-state index contributed by atoms with van der Waals surface area (Å²) in [5.41, 5.74) is 1.28. The maximum absolute atomic E-state index is 12.5. The molecule has 0 atom stereocenters. The number of aromatic nitrogens is 2. The molecular formula is C11H18ClN3O2S. The number of hydrogen-bond donors (Lipinski definition) is 1. The summed E-state index contributed by atoms with van der Waals surface area (Å²) in [4.78, 5) is 0. The standard InChI is InChI=1S/C11H18ClN3O2S/c1-8-10(7-12)11(14-13-8)18(16,17)15(2)9-5-3-4-6-9/h9H,3-7H2,1-2H3,(H,13,14). The van der Waals surface area contributed by atoms with Crippen LogP contribution in [0.15, 0.2) is 5.03 Å². The van der Waals surface area contributed by atoms with Crippen molar-refractivity contribution in [3.63, 3.8) is 0 Å². The molecule has 1 N–H and O–H groups in total. The molecule has 1 aromatic heterocycles. The van der Waals surface area contributed by atoms with Gasteiger partial charge in [-0.2, -0.15) is 9.40 Å². The monoisotopic (exact) mass is 291 g/mol. The van der Waals surface area contributed by atoms with E-state index in [9.17, 15) is 8.42 Å². The van der Waals surface area contributed by atoms with Crippen molar-refractivity contribution in [2.45, 2.75) is 49.6 Å². The first-order valence-corrected chi connectivity index (χ1v) is 8.03. The first-order valence-electron chi connectivity index (χ1n) is 6.06. The first kappa shape index (κ1) is 13.8. The van der Waals surface area contributed by atoms with Gasteiger partial charge in [0.15, 0.2) is 5.03 Å². The fourth-order valence-corrected chi connectivity index (χ4v) is 4.38. The lowest BCUT2D eigenvalue weighted by molar-refractivity contribution is 0.371. The quantitative estimate of drug-likeness (QED) is 0.863. The third kappa shape index (κ3) is 2.29. The molecule has 5 nitrogen and oxygen atoms in total. The number of H-pyrrole nitrogens is 1. The molecule has 1 aromatic rings. The molecular weight excluding hydrogens is 274 g/mol. The number of nitrogens with one attached hydrogen (secondary N) is 1. The molecule has 0 saturated heterocycles. The van der Waals surface area contributed by atoms with E-state index in [0.29, 0.717) is 11.3 Å². The highest BCUT2D eigenvalue weighted by Crippen LogP contribution is 2.28. The highest BCUT2D eigenvalue weighted by atomic mass is 35.5. The minimum absolute atomic E-state index is 0.0735. The lowest BCUT2D eigenvalue weighted by atomic mass is 10.3. The Bertz CT molecular complexity index is 520. The smallest absolute Gasteiger partial charge is 0.262 e. The molecule has 102 valence electrons. The molecule has 0 bridgehead atoms. The first-order chi connectivity index (χ1) is 8.48. The average Bonchev–Trinajstić information content (AvgIpc) is 2.96. The van der Waals surface area contributed by atoms with Gasteiger partial charge in [0.1, 0.15) is 0 Å². The zero-order chi connectivity index (χ0) is 13.3. The Balaban J connectivity index is 2.35. The van der Waals surface area contributed by atoms with Crippen LogP contribution >= 0.6 is 11.6 Å². The summed E-state index contributed by atoms with van der Waals surface area (Å²) >= 11 is 5.81. The van der Waals surface area contributed by atoms with Crippen LogP contribution in [0, 0.1) is 6.92 Å². The zero-order valence-corrected chi connectivity index (χ0v) is 12.2. The minimum Gasteiger partial charge on any atom is -0.281 e. The number of alkyl halides is 1. The Hall–Kier alpha value is -0.590. The lowest BCUT2D eigenvalue weighted by Gasteiger charge is -2.22. The minimum atomic E-state index is -3.54. The zero-order valence-electron chi connectivity index (χ0n) is 10.6. The van der Waals surface area contributed by atoms with Crippen molar-refractivity contribution in [1.82, 2.24) is 14.5 Å². The van der Waals surface area contributed by atoms with Gasteiger partial charge in [0.2, 0.25) is 0 Å². The van der Waals surface area contributed by atoms with Crippen LogP contribution in [0.25, 0.3) is 0 Å². The maximum Gasteiger partial charge on any atom is 0.262 e. The Labute approximate surface area is 113 Å². The number of rotatable bonds is 4. The van der Waals surface area contributed by atoms with Crippen molar-refractivity contribution in [1.29, 1.82) is 0 Å². The summed E-state index contributed by atoms with van der Waals surface area (Å²) in [6, 6.07) is 0.0928. The van der Waals surface area contributed by atoms with E-state index in [1.165, 1.54) is 4.31 Å². The Morgan fingerprint density at radius 2 is 2.06 bits per heavy atom. The van der Waals surface area contributed by atoms with E-state index < -0.39 is 10.0 Å². The predicted molar refractivity (Wildman–Crippen MR) is 70.1 cm³/mol. The van der Waals surface area contributed by atoms with Crippen LogP contribution in [-0.4, -0.2) is 36.0 Å². The summed E-state index contributed by atoms with van der Waals surface area (Å²) in [5.74, 6) is 0.148. The molecule has 0 radical (unpaired) electrons. The fourth-order valence-electron chi connectivity index (χ4n) is 2.40. The molecule has 0 aromatic carbocycles. The van der Waals surface area contributed by atoms with E-state index in [1.807, 2.05) is 0 Å². The SMILES string of the molecule is Cc1[nH]nc(S(=O)(=O)N(C)C2CCCC2)c1CCl. The Morgan fingerprint density at radius 1 is 1.44 bits per heavy atom. The Kier molecular flexibility index (Phi) is 3.99. The molecule has 0 amide bonds. The van der Waals surface area contributed by atoms with Crippen molar-refractivity contribution in [3.05, 3.63) is 11.3 Å². The molecule has 0 spiro atoms. The van der Waals surface area contributed by atoms with Gasteiger partial charge in [-0.25, -0.2) is 8.42 Å². The largest absolute Gasteiger partial charge is 0.281 e. The summed E-state index contributed by atoms with van der Waals surface area (Å²) in [7, 11) is -1.91. The van der Waals surface area contributed by atoms with Gasteiger partial charge in [-0.3, -0.25) is 5.10 Å². The van der Waals surface area contributed by atoms with Gasteiger partial charge in [0, 0.05) is 24.3 Å². The second kappa shape index (κ2) is 5.19. The van der Waals surface area contributed by atoms with Gasteiger partial charge in [0.25, 0.3) is 10.0 Å². The van der Waals surface area contributed by atoms with E-state index >= 15 is 0 Å². The van der Waals surface area contributed by atoms with Crippen molar-refractivity contribution in [3.8, 4) is 0 Å². The van der Waals surface area contributed by atoms with E-state index in [0.717, 1.165) is 25.7 Å². The lowest BCUT2D eigenvalue weighted by Crippen LogP contribution is -2.35. The highest BCUT2D eigenvalue weighted by Gasteiger charge is 2.33. The van der Waals surface area contributed by atoms with Crippen LogP contribution in [0.1, 0.15) is 36.9 Å². The highest BCUT2D eigenvalue weighted by molar-refractivity contribution is 7.89. The second-order valence-corrected chi connectivity index (χ2v) is 6.91. The molecule has 0 aliphatic heterocycles. The van der Waals surface area contributed by atoms with Crippen molar-refractivity contribution < 1.29 is 8.42 Å². The van der Waals surface area contributed by atoms with Crippen LogP contribution in [-0.2, 0) is 15.9 Å². The van der Waals surface area contributed by atoms with E-state index in [2.05, 4.69) is 10.2 Å². The van der Waals surface area contributed by atoms with Crippen LogP contribution < -0.4 is 0 Å². The summed E-state index contributed by atoms with van der Waals surface area (Å²) in [6.45, 7) is 1.78. The van der Waals surface area contributed by atoms with Gasteiger partial charge in [-0.05, 0) is 19.8 Å². The van der Waals surface area contributed by atoms with Gasteiger partial charge in [-0.15, -0.1) is 11.6 Å². The number of sulfonamides is 1. The van der Waals surface area contributed by atoms with E-state index in [4.69, 9.17) is 11.6 Å². The molecule has 0 unspecified atom stereocenters. The molecule has 1 aliphatic carbocycles. The van der Waals surface area contributed by atoms with Crippen molar-refractivity contribution >= 4 is 21.6 Å². The van der Waals surface area contributed by atoms with E-state index in [1.54, 1.807) is 14.0 Å². The van der Waals surface area contributed by atoms with Crippen LogP contribution in [0.2, 0.25) is 0 Å². The van der Waals surface area contributed by atoms with Gasteiger partial charge in [-0.1, -0.05) is 12.8 Å². The second-order valence-electron chi connectivity index (χ2n) is 4.73. The predicted octanol–water partition coefficient (Wildman–Crippen LogP) is 2.02. The average molecular weight is 292 g/mol. The molecule has 1 saturated carbocycles. The van der Waals surface area contributed by atoms with Gasteiger partial charge in [0.05, 0.1) is 5.88 Å². The topological polar surface area (TPSA) is 66.1 Å². The Morgan fingerprint density at radius 3 is 2.61 bits per heavy atom. The fraction of sp³-hybridized carbons (Fsp3) is 0.727. The number of aryl methyl sites for hydroxylation is 1. The molecule has 2 rings (SSSR count). The number of aromatic amines is 1. The molecule has 1 fully saturated rings. The third-order valence-corrected chi connectivity index (χ3v) is 5.78. The van der Waals surface area contributed by atoms with Crippen LogP contribution in [0.4, 0.5) is 0 Å². The van der Waals surface area contributed by atoms with Crippen LogP contribution in [0.3, 0.4) is 0 Å². The van der Waals surface area contributed by atoms with Crippen molar-refractivity contribution in [2.75, 3.05) is 7.05 Å². The molecule has 18 heavy (non-hydrogen) atoms. The van der Waals surface area contributed by atoms with E-state index in [-0.39, 0.29) is 16.9 Å². The van der Waals surface area contributed by atoms with Gasteiger partial charge >= 0.3 is 0 Å². The van der Waals surface area contributed by atoms with Crippen molar-refractivity contribution in [2.24, 2.45) is 0 Å². The van der Waals surface area contributed by atoms with Gasteiger partial charge < -0.3 is 0 Å². The summed E-state index contributed by atoms with van der Waals surface area (Å²) in [6.07, 6.45) is 4.03. The number of nitrogens with zero attached hydrogens (tertiary/aromatic N) is 2. The summed E-state index contributed by atoms with van der Waals surface area (Å²) in [5, 5.41) is 6.68. The van der Waals surface area contributed by atoms with Crippen LogP contribution in [0.5, 0.6) is 0 Å². The molecule has 1 aliphatic rings. The number of halogens is 1.